The first-order valence-corrected chi connectivity index (χ1v) is 9.18. The van der Waals surface area contributed by atoms with E-state index in [9.17, 15) is 13.2 Å². The maximum Gasteiger partial charge on any atom is 0.223 e. The fourth-order valence-corrected chi connectivity index (χ4v) is 3.35. The van der Waals surface area contributed by atoms with Gasteiger partial charge in [-0.25, -0.2) is 12.7 Å². The molecule has 0 aromatic heterocycles. The van der Waals surface area contributed by atoms with Crippen LogP contribution in [-0.4, -0.2) is 69.1 Å². The number of sulfonamides is 1. The smallest absolute Gasteiger partial charge is 0.223 e. The third kappa shape index (κ3) is 6.95. The second kappa shape index (κ2) is 9.61. The number of amides is 1. The zero-order valence-electron chi connectivity index (χ0n) is 13.2. The van der Waals surface area contributed by atoms with Crippen LogP contribution in [0.4, 0.5) is 0 Å². The summed E-state index contributed by atoms with van der Waals surface area (Å²) in [6.07, 6.45) is 2.45. The molecule has 0 bridgehead atoms. The lowest BCUT2D eigenvalue weighted by Crippen LogP contribution is -2.44. The average molecular weight is 342 g/mol. The summed E-state index contributed by atoms with van der Waals surface area (Å²) in [7, 11) is -3.12. The summed E-state index contributed by atoms with van der Waals surface area (Å²) in [4.78, 5) is 14.3. The van der Waals surface area contributed by atoms with E-state index in [0.717, 1.165) is 19.6 Å². The van der Waals surface area contributed by atoms with Gasteiger partial charge in [-0.1, -0.05) is 13.8 Å². The van der Waals surface area contributed by atoms with Gasteiger partial charge in [-0.2, -0.15) is 0 Å². The van der Waals surface area contributed by atoms with Crippen molar-refractivity contribution >= 4 is 28.3 Å². The molecule has 1 amide bonds. The Labute approximate surface area is 134 Å². The van der Waals surface area contributed by atoms with Crippen molar-refractivity contribution in [2.24, 2.45) is 5.92 Å². The minimum atomic E-state index is -3.12. The second-order valence-electron chi connectivity index (χ2n) is 5.25. The summed E-state index contributed by atoms with van der Waals surface area (Å²) >= 11 is 0. The molecule has 0 spiro atoms. The Bertz CT molecular complexity index is 405. The standard InChI is InChI=1S/C13H27N3O3S.ClH/c1-4-15(5-2)11-8-14-13(17)12-6-9-16(10-7-12)20(3,18)19;/h12H,4-11H2,1-3H3,(H,14,17);1H. The maximum absolute atomic E-state index is 12.0. The van der Waals surface area contributed by atoms with Crippen LogP contribution >= 0.6 is 12.4 Å². The Morgan fingerprint density at radius 1 is 1.24 bits per heavy atom. The van der Waals surface area contributed by atoms with Crippen LogP contribution in [0.1, 0.15) is 26.7 Å². The van der Waals surface area contributed by atoms with E-state index in [0.29, 0.717) is 32.5 Å². The number of halogens is 1. The first kappa shape index (κ1) is 20.6. The van der Waals surface area contributed by atoms with Gasteiger partial charge in [0.1, 0.15) is 0 Å². The molecule has 0 aromatic rings. The number of nitrogens with one attached hydrogen (secondary N) is 1. The Kier molecular flexibility index (Phi) is 9.44. The topological polar surface area (TPSA) is 69.7 Å². The normalized spacial score (nSPS) is 17.5. The zero-order chi connectivity index (χ0) is 15.2. The van der Waals surface area contributed by atoms with Crippen molar-refractivity contribution in [1.29, 1.82) is 0 Å². The van der Waals surface area contributed by atoms with E-state index in [1.54, 1.807) is 0 Å². The van der Waals surface area contributed by atoms with E-state index < -0.39 is 10.0 Å². The van der Waals surface area contributed by atoms with Crippen LogP contribution in [-0.2, 0) is 14.8 Å². The number of hydrogen-bond donors (Lipinski definition) is 1. The molecule has 0 aromatic carbocycles. The first-order chi connectivity index (χ1) is 9.38. The Hall–Kier alpha value is -0.370. The number of hydrogen-bond acceptors (Lipinski definition) is 4. The zero-order valence-corrected chi connectivity index (χ0v) is 14.8. The summed E-state index contributed by atoms with van der Waals surface area (Å²) in [5.74, 6) is 0.00927. The van der Waals surface area contributed by atoms with Crippen LogP contribution in [0.3, 0.4) is 0 Å². The molecule has 1 aliphatic heterocycles. The molecule has 1 rings (SSSR count). The van der Waals surface area contributed by atoms with Crippen molar-refractivity contribution in [2.75, 3.05) is 45.5 Å². The maximum atomic E-state index is 12.0. The molecule has 8 heteroatoms. The third-order valence-corrected chi connectivity index (χ3v) is 5.22. The Morgan fingerprint density at radius 2 is 1.76 bits per heavy atom. The molecule has 1 fully saturated rings. The summed E-state index contributed by atoms with van der Waals surface area (Å²) in [5.41, 5.74) is 0. The monoisotopic (exact) mass is 341 g/mol. The highest BCUT2D eigenvalue weighted by molar-refractivity contribution is 7.88. The van der Waals surface area contributed by atoms with Gasteiger partial charge < -0.3 is 10.2 Å². The van der Waals surface area contributed by atoms with Gasteiger partial charge >= 0.3 is 0 Å². The van der Waals surface area contributed by atoms with Crippen molar-refractivity contribution < 1.29 is 13.2 Å². The fraction of sp³-hybridized carbons (Fsp3) is 0.923. The SMILES string of the molecule is CCN(CC)CCNC(=O)C1CCN(S(C)(=O)=O)CC1.Cl. The van der Waals surface area contributed by atoms with Crippen molar-refractivity contribution in [3.63, 3.8) is 0 Å². The minimum absolute atomic E-state index is 0. The van der Waals surface area contributed by atoms with Crippen molar-refractivity contribution in [1.82, 2.24) is 14.5 Å². The predicted octanol–water partition coefficient (Wildman–Crippen LogP) is 0.538. The third-order valence-electron chi connectivity index (χ3n) is 3.92. The number of piperidine rings is 1. The van der Waals surface area contributed by atoms with E-state index in [4.69, 9.17) is 0 Å². The lowest BCUT2D eigenvalue weighted by Gasteiger charge is -2.29. The van der Waals surface area contributed by atoms with E-state index in [1.165, 1.54) is 10.6 Å². The number of carbonyl (C=O) groups excluding carboxylic acids is 1. The molecule has 1 aliphatic rings. The molecule has 0 aliphatic carbocycles. The number of nitrogens with zero attached hydrogens (tertiary/aromatic N) is 2. The number of carbonyl (C=O) groups is 1. The number of likely N-dealkylation sites (N-methyl/N-ethyl adjacent to an activating group) is 1. The molecule has 6 nitrogen and oxygen atoms in total. The molecule has 126 valence electrons. The van der Waals surface area contributed by atoms with Gasteiger partial charge in [-0.3, -0.25) is 4.79 Å². The molecule has 0 saturated carbocycles. The van der Waals surface area contributed by atoms with E-state index >= 15 is 0 Å². The van der Waals surface area contributed by atoms with E-state index in [2.05, 4.69) is 24.1 Å². The van der Waals surface area contributed by atoms with Crippen molar-refractivity contribution in [2.45, 2.75) is 26.7 Å². The molecule has 1 N–H and O–H groups in total. The molecular weight excluding hydrogens is 314 g/mol. The molecule has 1 saturated heterocycles. The van der Waals surface area contributed by atoms with E-state index in [1.807, 2.05) is 0 Å². The fourth-order valence-electron chi connectivity index (χ4n) is 2.47. The van der Waals surface area contributed by atoms with Crippen LogP contribution in [0, 0.1) is 5.92 Å². The van der Waals surface area contributed by atoms with Crippen LogP contribution in [0.15, 0.2) is 0 Å². The van der Waals surface area contributed by atoms with Gasteiger partial charge in [0, 0.05) is 32.1 Å². The predicted molar refractivity (Wildman–Crippen MR) is 87.2 cm³/mol. The molecule has 0 radical (unpaired) electrons. The Morgan fingerprint density at radius 3 is 2.19 bits per heavy atom. The highest BCUT2D eigenvalue weighted by Gasteiger charge is 2.28. The average Bonchev–Trinajstić information content (AvgIpc) is 2.42. The largest absolute Gasteiger partial charge is 0.355 e. The van der Waals surface area contributed by atoms with Crippen LogP contribution in [0.25, 0.3) is 0 Å². The second-order valence-corrected chi connectivity index (χ2v) is 7.24. The van der Waals surface area contributed by atoms with Crippen molar-refractivity contribution in [3.8, 4) is 0 Å². The van der Waals surface area contributed by atoms with Crippen LogP contribution in [0.5, 0.6) is 0 Å². The molecular formula is C13H28ClN3O3S. The van der Waals surface area contributed by atoms with Gasteiger partial charge in [0.25, 0.3) is 0 Å². The lowest BCUT2D eigenvalue weighted by molar-refractivity contribution is -0.126. The lowest BCUT2D eigenvalue weighted by atomic mass is 9.97. The van der Waals surface area contributed by atoms with Gasteiger partial charge in [0.05, 0.1) is 6.26 Å². The quantitative estimate of drug-likeness (QED) is 0.733. The highest BCUT2D eigenvalue weighted by atomic mass is 35.5. The van der Waals surface area contributed by atoms with Gasteiger partial charge in [-0.05, 0) is 25.9 Å². The summed E-state index contributed by atoms with van der Waals surface area (Å²) in [6, 6.07) is 0. The van der Waals surface area contributed by atoms with Crippen LogP contribution in [0.2, 0.25) is 0 Å². The summed E-state index contributed by atoms with van der Waals surface area (Å²) < 4.78 is 24.2. The molecule has 1 heterocycles. The summed E-state index contributed by atoms with van der Waals surface area (Å²) in [6.45, 7) is 8.60. The molecule has 0 atom stereocenters. The molecule has 0 unspecified atom stereocenters. The first-order valence-electron chi connectivity index (χ1n) is 7.33. The van der Waals surface area contributed by atoms with Gasteiger partial charge in [0.2, 0.25) is 15.9 Å². The van der Waals surface area contributed by atoms with Gasteiger partial charge in [0.15, 0.2) is 0 Å². The molecule has 21 heavy (non-hydrogen) atoms. The highest BCUT2D eigenvalue weighted by Crippen LogP contribution is 2.19. The van der Waals surface area contributed by atoms with Gasteiger partial charge in [-0.15, -0.1) is 12.4 Å². The van der Waals surface area contributed by atoms with Crippen LogP contribution < -0.4 is 5.32 Å². The minimum Gasteiger partial charge on any atom is -0.355 e. The summed E-state index contributed by atoms with van der Waals surface area (Å²) in [5, 5.41) is 2.96. The van der Waals surface area contributed by atoms with Crippen molar-refractivity contribution in [3.05, 3.63) is 0 Å². The van der Waals surface area contributed by atoms with E-state index in [-0.39, 0.29) is 24.2 Å². The number of rotatable bonds is 7. The Balaban J connectivity index is 0.00000400.